The molecule has 19 heavy (non-hydrogen) atoms. The first-order chi connectivity index (χ1) is 8.97. The maximum Gasteiger partial charge on any atom is 0.183 e. The molecular formula is C14H21N3S2. The fourth-order valence-electron chi connectivity index (χ4n) is 1.65. The minimum absolute atomic E-state index is 0.481. The van der Waals surface area contributed by atoms with Gasteiger partial charge in [0.05, 0.1) is 21.3 Å². The number of hydrogen-bond acceptors (Lipinski definition) is 5. The van der Waals surface area contributed by atoms with Crippen LogP contribution < -0.4 is 5.32 Å². The predicted octanol–water partition coefficient (Wildman–Crippen LogP) is 4.77. The van der Waals surface area contributed by atoms with Crippen molar-refractivity contribution < 1.29 is 0 Å². The number of hydrogen-bond donors (Lipinski definition) is 1. The number of aromatic nitrogens is 2. The molecule has 104 valence electrons. The number of rotatable bonds is 5. The van der Waals surface area contributed by atoms with E-state index in [1.165, 1.54) is 9.88 Å². The van der Waals surface area contributed by atoms with Gasteiger partial charge in [0.25, 0.3) is 0 Å². The van der Waals surface area contributed by atoms with Crippen molar-refractivity contribution in [1.29, 1.82) is 0 Å². The van der Waals surface area contributed by atoms with E-state index >= 15 is 0 Å². The third kappa shape index (κ3) is 3.54. The fourth-order valence-corrected chi connectivity index (χ4v) is 3.47. The Labute approximate surface area is 123 Å². The maximum atomic E-state index is 4.66. The van der Waals surface area contributed by atoms with E-state index in [1.54, 1.807) is 22.7 Å². The first-order valence-corrected chi connectivity index (χ1v) is 8.34. The Bertz CT molecular complexity index is 541. The topological polar surface area (TPSA) is 37.8 Å². The SMILES string of the molecule is Cc1nc(C(C)C)sc1-c1csc(NCC(C)C)n1. The number of nitrogens with zero attached hydrogens (tertiary/aromatic N) is 2. The molecule has 0 aliphatic rings. The fraction of sp³-hybridized carbons (Fsp3) is 0.571. The molecule has 2 heterocycles. The molecule has 0 saturated heterocycles. The summed E-state index contributed by atoms with van der Waals surface area (Å²) in [5.74, 6) is 1.11. The highest BCUT2D eigenvalue weighted by Gasteiger charge is 2.14. The lowest BCUT2D eigenvalue weighted by Gasteiger charge is -2.04. The summed E-state index contributed by atoms with van der Waals surface area (Å²) in [5, 5.41) is 7.69. The van der Waals surface area contributed by atoms with Gasteiger partial charge in [0.15, 0.2) is 5.13 Å². The van der Waals surface area contributed by atoms with E-state index in [9.17, 15) is 0 Å². The molecule has 0 aliphatic heterocycles. The summed E-state index contributed by atoms with van der Waals surface area (Å²) in [6.07, 6.45) is 0. The second kappa shape index (κ2) is 6.01. The minimum atomic E-state index is 0.481. The zero-order valence-corrected chi connectivity index (χ0v) is 13.8. The molecule has 0 amide bonds. The standard InChI is InChI=1S/C14H21N3S2/c1-8(2)6-15-14-17-11(7-18-14)12-10(5)16-13(19-12)9(3)4/h7-9H,6H2,1-5H3,(H,15,17). The van der Waals surface area contributed by atoms with Crippen LogP contribution in [-0.2, 0) is 0 Å². The molecule has 0 radical (unpaired) electrons. The van der Waals surface area contributed by atoms with Gasteiger partial charge in [-0.3, -0.25) is 0 Å². The van der Waals surface area contributed by atoms with Crippen LogP contribution in [-0.4, -0.2) is 16.5 Å². The zero-order valence-electron chi connectivity index (χ0n) is 12.2. The Kier molecular flexibility index (Phi) is 4.58. The zero-order chi connectivity index (χ0) is 14.0. The molecule has 3 nitrogen and oxygen atoms in total. The summed E-state index contributed by atoms with van der Waals surface area (Å²) in [4.78, 5) is 10.5. The molecular weight excluding hydrogens is 274 g/mol. The van der Waals surface area contributed by atoms with Crippen LogP contribution >= 0.6 is 22.7 Å². The van der Waals surface area contributed by atoms with E-state index in [2.05, 4.69) is 55.3 Å². The van der Waals surface area contributed by atoms with E-state index in [-0.39, 0.29) is 0 Å². The van der Waals surface area contributed by atoms with E-state index < -0.39 is 0 Å². The molecule has 0 spiro atoms. The Morgan fingerprint density at radius 2 is 1.95 bits per heavy atom. The highest BCUT2D eigenvalue weighted by Crippen LogP contribution is 2.34. The smallest absolute Gasteiger partial charge is 0.183 e. The maximum absolute atomic E-state index is 4.66. The van der Waals surface area contributed by atoms with E-state index in [1.807, 2.05) is 0 Å². The van der Waals surface area contributed by atoms with Crippen molar-refractivity contribution in [2.24, 2.45) is 5.92 Å². The molecule has 0 fully saturated rings. The second-order valence-corrected chi connectivity index (χ2v) is 7.32. The average Bonchev–Trinajstić information content (AvgIpc) is 2.92. The van der Waals surface area contributed by atoms with Crippen molar-refractivity contribution in [2.45, 2.75) is 40.5 Å². The monoisotopic (exact) mass is 295 g/mol. The van der Waals surface area contributed by atoms with Crippen LogP contribution in [0.25, 0.3) is 10.6 Å². The van der Waals surface area contributed by atoms with Crippen LogP contribution in [0.15, 0.2) is 5.38 Å². The van der Waals surface area contributed by atoms with E-state index in [0.717, 1.165) is 23.1 Å². The van der Waals surface area contributed by atoms with Gasteiger partial charge in [0.2, 0.25) is 0 Å². The molecule has 0 atom stereocenters. The summed E-state index contributed by atoms with van der Waals surface area (Å²) < 4.78 is 0. The Balaban J connectivity index is 2.18. The summed E-state index contributed by atoms with van der Waals surface area (Å²) in [6.45, 7) is 11.8. The molecule has 0 aliphatic carbocycles. The van der Waals surface area contributed by atoms with Crippen LogP contribution in [0.4, 0.5) is 5.13 Å². The quantitative estimate of drug-likeness (QED) is 0.863. The van der Waals surface area contributed by atoms with Crippen molar-refractivity contribution in [3.63, 3.8) is 0 Å². The van der Waals surface area contributed by atoms with Crippen LogP contribution in [0.2, 0.25) is 0 Å². The van der Waals surface area contributed by atoms with Gasteiger partial charge in [-0.05, 0) is 12.8 Å². The second-order valence-electron chi connectivity index (χ2n) is 5.43. The number of anilines is 1. The summed E-state index contributed by atoms with van der Waals surface area (Å²) in [5.41, 5.74) is 2.15. The predicted molar refractivity (Wildman–Crippen MR) is 85.4 cm³/mol. The van der Waals surface area contributed by atoms with Gasteiger partial charge in [0.1, 0.15) is 0 Å². The summed E-state index contributed by atoms with van der Waals surface area (Å²) in [7, 11) is 0. The third-order valence-electron chi connectivity index (χ3n) is 2.71. The van der Waals surface area contributed by atoms with Crippen LogP contribution in [0.3, 0.4) is 0 Å². The van der Waals surface area contributed by atoms with Crippen molar-refractivity contribution in [2.75, 3.05) is 11.9 Å². The van der Waals surface area contributed by atoms with Crippen molar-refractivity contribution >= 4 is 27.8 Å². The van der Waals surface area contributed by atoms with Gasteiger partial charge in [0, 0.05) is 17.8 Å². The Morgan fingerprint density at radius 3 is 2.53 bits per heavy atom. The van der Waals surface area contributed by atoms with Crippen LogP contribution in [0, 0.1) is 12.8 Å². The van der Waals surface area contributed by atoms with Crippen molar-refractivity contribution in [1.82, 2.24) is 9.97 Å². The normalized spacial score (nSPS) is 11.5. The lowest BCUT2D eigenvalue weighted by molar-refractivity contribution is 0.688. The number of aryl methyl sites for hydroxylation is 1. The molecule has 0 saturated carbocycles. The van der Waals surface area contributed by atoms with Gasteiger partial charge < -0.3 is 5.32 Å². The molecule has 0 unspecified atom stereocenters. The average molecular weight is 295 g/mol. The van der Waals surface area contributed by atoms with Crippen molar-refractivity contribution in [3.8, 4) is 10.6 Å². The van der Waals surface area contributed by atoms with E-state index in [0.29, 0.717) is 11.8 Å². The highest BCUT2D eigenvalue weighted by atomic mass is 32.1. The van der Waals surface area contributed by atoms with Gasteiger partial charge >= 0.3 is 0 Å². The first-order valence-electron chi connectivity index (χ1n) is 6.64. The molecule has 0 bridgehead atoms. The number of nitrogens with one attached hydrogen (secondary N) is 1. The van der Waals surface area contributed by atoms with Crippen molar-refractivity contribution in [3.05, 3.63) is 16.1 Å². The Morgan fingerprint density at radius 1 is 1.21 bits per heavy atom. The first kappa shape index (κ1) is 14.5. The van der Waals surface area contributed by atoms with Gasteiger partial charge in [-0.15, -0.1) is 22.7 Å². The van der Waals surface area contributed by atoms with Gasteiger partial charge in [-0.1, -0.05) is 27.7 Å². The van der Waals surface area contributed by atoms with Crippen LogP contribution in [0.5, 0.6) is 0 Å². The molecule has 2 rings (SSSR count). The van der Waals surface area contributed by atoms with Gasteiger partial charge in [-0.2, -0.15) is 0 Å². The lowest BCUT2D eigenvalue weighted by atomic mass is 10.2. The molecule has 2 aromatic heterocycles. The third-order valence-corrected chi connectivity index (χ3v) is 4.99. The molecule has 5 heteroatoms. The molecule has 1 N–H and O–H groups in total. The molecule has 0 aromatic carbocycles. The van der Waals surface area contributed by atoms with Crippen LogP contribution in [0.1, 0.15) is 44.3 Å². The lowest BCUT2D eigenvalue weighted by Crippen LogP contribution is -2.07. The molecule has 2 aromatic rings. The van der Waals surface area contributed by atoms with Gasteiger partial charge in [-0.25, -0.2) is 9.97 Å². The number of thiazole rings is 2. The van der Waals surface area contributed by atoms with E-state index in [4.69, 9.17) is 0 Å². The summed E-state index contributed by atoms with van der Waals surface area (Å²) >= 11 is 3.43. The largest absolute Gasteiger partial charge is 0.361 e. The minimum Gasteiger partial charge on any atom is -0.361 e. The Hall–Kier alpha value is -0.940. The highest BCUT2D eigenvalue weighted by molar-refractivity contribution is 7.16. The summed E-state index contributed by atoms with van der Waals surface area (Å²) in [6, 6.07) is 0.